The van der Waals surface area contributed by atoms with E-state index >= 15 is 0 Å². The summed E-state index contributed by atoms with van der Waals surface area (Å²) in [5.41, 5.74) is 5.39. The zero-order valence-corrected chi connectivity index (χ0v) is 25.1. The first kappa shape index (κ1) is 41.8. The summed E-state index contributed by atoms with van der Waals surface area (Å²) in [6.07, 6.45) is 11.5. The maximum atomic E-state index is 11.5. The molecule has 0 bridgehead atoms. The van der Waals surface area contributed by atoms with E-state index in [0.29, 0.717) is 0 Å². The zero-order chi connectivity index (χ0) is 28.8. The van der Waals surface area contributed by atoms with Crippen LogP contribution < -0.4 is 21.7 Å². The second kappa shape index (κ2) is 33.7. The molecule has 0 heterocycles. The van der Waals surface area contributed by atoms with Gasteiger partial charge in [0.05, 0.1) is 18.6 Å². The Morgan fingerprint density at radius 1 is 1.06 bits per heavy atom. The fraction of sp³-hybridized carbons (Fsp3) is 0.893. The molecule has 1 saturated carbocycles. The van der Waals surface area contributed by atoms with E-state index in [1.54, 1.807) is 13.8 Å². The highest BCUT2D eigenvalue weighted by Crippen LogP contribution is 2.22. The van der Waals surface area contributed by atoms with Gasteiger partial charge < -0.3 is 31.6 Å². The number of unbranched alkanes of at least 4 members (excludes halogenated alkanes) is 2. The third-order valence-corrected chi connectivity index (χ3v) is 5.07. The van der Waals surface area contributed by atoms with E-state index in [2.05, 4.69) is 36.7 Å². The summed E-state index contributed by atoms with van der Waals surface area (Å²) >= 11 is 0. The number of amides is 1. The topological polar surface area (TPSA) is 134 Å². The van der Waals surface area contributed by atoms with Crippen molar-refractivity contribution in [3.8, 4) is 0 Å². The van der Waals surface area contributed by atoms with Crippen LogP contribution in [0.3, 0.4) is 0 Å². The molecule has 1 aliphatic rings. The molecular formula is C28H62N4O4. The van der Waals surface area contributed by atoms with Gasteiger partial charge in [0.1, 0.15) is 6.29 Å². The first-order valence-electron chi connectivity index (χ1n) is 13.9. The van der Waals surface area contributed by atoms with Crippen molar-refractivity contribution in [2.45, 2.75) is 118 Å². The smallest absolute Gasteiger partial charge is 0.223 e. The predicted molar refractivity (Wildman–Crippen MR) is 154 cm³/mol. The maximum Gasteiger partial charge on any atom is 0.223 e. The van der Waals surface area contributed by atoms with Crippen LogP contribution in [0.5, 0.6) is 0 Å². The highest BCUT2D eigenvalue weighted by atomic mass is 16.3. The van der Waals surface area contributed by atoms with Gasteiger partial charge in [0, 0.05) is 12.5 Å². The number of rotatable bonds is 11. The number of nitrogens with two attached hydrogens (primary N) is 1. The van der Waals surface area contributed by atoms with Crippen LogP contribution in [-0.2, 0) is 14.4 Å². The average molecular weight is 519 g/mol. The second-order valence-corrected chi connectivity index (χ2v) is 9.51. The molecule has 0 radical (unpaired) electrons. The maximum absolute atomic E-state index is 11.5. The Balaban J connectivity index is -0.000000205. The molecule has 2 atom stereocenters. The minimum Gasteiger partial charge on any atom is -0.393 e. The number of nitrogens with one attached hydrogen (secondary N) is 3. The number of hydrogen-bond donors (Lipinski definition) is 5. The molecule has 36 heavy (non-hydrogen) atoms. The number of Topliss-reactive ketones (excluding diaryl/α,β-unsaturated/α-hetero) is 1. The van der Waals surface area contributed by atoms with Gasteiger partial charge in [-0.3, -0.25) is 9.59 Å². The van der Waals surface area contributed by atoms with Gasteiger partial charge in [0.15, 0.2) is 5.78 Å². The number of aliphatic hydroxyl groups is 1. The van der Waals surface area contributed by atoms with Crippen LogP contribution in [0.25, 0.3) is 0 Å². The molecular weight excluding hydrogens is 456 g/mol. The lowest BCUT2D eigenvalue weighted by molar-refractivity contribution is -0.130. The quantitative estimate of drug-likeness (QED) is 0.207. The third kappa shape index (κ3) is 37.2. The first-order chi connectivity index (χ1) is 17.0. The number of carbonyl (C=O) groups excluding carboxylic acids is 3. The Labute approximate surface area is 223 Å². The highest BCUT2D eigenvalue weighted by Gasteiger charge is 2.21. The summed E-state index contributed by atoms with van der Waals surface area (Å²) in [5.74, 6) is 0.435. The molecule has 1 fully saturated rings. The van der Waals surface area contributed by atoms with Gasteiger partial charge in [0.25, 0.3) is 0 Å². The standard InChI is InChI=1S/C10H20N2O3.C7H17N.C7H14.C2H7N.C2H4O/c1-6(2)10(15)8(5-11)12-9(14)4-7(3)13;1-3-5-6-7-8-4-2;1-7-5-3-2-4-6-7;1-3-2;1-2-3/h6-8,13H,4-5,11H2,1-3H3,(H,12,14);8H,3-7H2,1-2H3;7H,2-6H2,1H3;3H,1-2H3;2H,1H3. The summed E-state index contributed by atoms with van der Waals surface area (Å²) < 4.78 is 0. The van der Waals surface area contributed by atoms with Crippen LogP contribution in [-0.4, -0.2) is 69.0 Å². The van der Waals surface area contributed by atoms with Gasteiger partial charge in [-0.1, -0.05) is 79.6 Å². The van der Waals surface area contributed by atoms with Crippen molar-refractivity contribution in [2.24, 2.45) is 17.6 Å². The molecule has 0 aromatic rings. The Morgan fingerprint density at radius 2 is 1.56 bits per heavy atom. The summed E-state index contributed by atoms with van der Waals surface area (Å²) in [6, 6.07) is -0.642. The van der Waals surface area contributed by atoms with Gasteiger partial charge in [-0.2, -0.15) is 0 Å². The number of hydrogen-bond acceptors (Lipinski definition) is 7. The molecule has 8 heteroatoms. The van der Waals surface area contributed by atoms with Gasteiger partial charge in [-0.05, 0) is 53.4 Å². The Kier molecular flexibility index (Phi) is 39.0. The van der Waals surface area contributed by atoms with Crippen molar-refractivity contribution in [3.63, 3.8) is 0 Å². The molecule has 6 N–H and O–H groups in total. The summed E-state index contributed by atoms with van der Waals surface area (Å²) in [7, 11) is 3.75. The molecule has 0 aliphatic heterocycles. The second-order valence-electron chi connectivity index (χ2n) is 9.51. The van der Waals surface area contributed by atoms with E-state index in [4.69, 9.17) is 15.6 Å². The highest BCUT2D eigenvalue weighted by molar-refractivity contribution is 5.90. The molecule has 1 rings (SSSR count). The SMILES string of the molecule is CC(O)CC(=O)NC(CN)C(=O)C(C)C.CC1CCCCC1.CC=O.CCCCCNCC.CNC. The molecule has 218 valence electrons. The molecule has 0 aromatic carbocycles. The Bertz CT molecular complexity index is 462. The number of aliphatic hydroxyl groups excluding tert-OH is 1. The van der Waals surface area contributed by atoms with Crippen molar-refractivity contribution in [3.05, 3.63) is 0 Å². The molecule has 0 spiro atoms. The molecule has 1 aliphatic carbocycles. The number of ketones is 1. The number of carbonyl (C=O) groups is 3. The van der Waals surface area contributed by atoms with Crippen molar-refractivity contribution >= 4 is 18.0 Å². The van der Waals surface area contributed by atoms with E-state index in [-0.39, 0.29) is 30.6 Å². The molecule has 8 nitrogen and oxygen atoms in total. The lowest BCUT2D eigenvalue weighted by Gasteiger charge is -2.18. The Hall–Kier alpha value is -1.35. The van der Waals surface area contributed by atoms with Crippen LogP contribution in [0, 0.1) is 11.8 Å². The molecule has 2 unspecified atom stereocenters. The van der Waals surface area contributed by atoms with Crippen LogP contribution in [0.4, 0.5) is 0 Å². The van der Waals surface area contributed by atoms with Gasteiger partial charge in [-0.25, -0.2) is 0 Å². The first-order valence-corrected chi connectivity index (χ1v) is 13.9. The number of aldehydes is 1. The van der Waals surface area contributed by atoms with Gasteiger partial charge in [-0.15, -0.1) is 0 Å². The third-order valence-electron chi connectivity index (χ3n) is 5.07. The summed E-state index contributed by atoms with van der Waals surface area (Å²) in [4.78, 5) is 31.6. The largest absolute Gasteiger partial charge is 0.393 e. The fourth-order valence-electron chi connectivity index (χ4n) is 3.15. The summed E-state index contributed by atoms with van der Waals surface area (Å²) in [6.45, 7) is 15.6. The van der Waals surface area contributed by atoms with E-state index in [0.717, 1.165) is 18.7 Å². The zero-order valence-electron chi connectivity index (χ0n) is 25.1. The van der Waals surface area contributed by atoms with E-state index in [9.17, 15) is 9.59 Å². The van der Waals surface area contributed by atoms with E-state index in [1.807, 2.05) is 14.1 Å². The minimum absolute atomic E-state index is 0.0120. The van der Waals surface area contributed by atoms with Crippen LogP contribution in [0.2, 0.25) is 0 Å². The fourth-order valence-corrected chi connectivity index (χ4v) is 3.15. The van der Waals surface area contributed by atoms with E-state index < -0.39 is 12.1 Å². The van der Waals surface area contributed by atoms with Crippen LogP contribution in [0.1, 0.15) is 106 Å². The van der Waals surface area contributed by atoms with Gasteiger partial charge >= 0.3 is 0 Å². The average Bonchev–Trinajstić information content (AvgIpc) is 2.82. The van der Waals surface area contributed by atoms with Gasteiger partial charge in [0.2, 0.25) is 5.91 Å². The lowest BCUT2D eigenvalue weighted by atomic mass is 9.91. The molecule has 0 saturated heterocycles. The van der Waals surface area contributed by atoms with Crippen LogP contribution >= 0.6 is 0 Å². The van der Waals surface area contributed by atoms with E-state index in [1.165, 1.54) is 71.8 Å². The minimum atomic E-state index is -0.711. The normalized spacial score (nSPS) is 14.1. The molecule has 1 amide bonds. The van der Waals surface area contributed by atoms with Crippen LogP contribution in [0.15, 0.2) is 0 Å². The lowest BCUT2D eigenvalue weighted by Crippen LogP contribution is -2.47. The predicted octanol–water partition coefficient (Wildman–Crippen LogP) is 3.84. The molecule has 0 aromatic heterocycles. The summed E-state index contributed by atoms with van der Waals surface area (Å²) in [5, 5.41) is 17.5. The van der Waals surface area contributed by atoms with Crippen molar-refractivity contribution < 1.29 is 19.5 Å². The Morgan fingerprint density at radius 3 is 1.86 bits per heavy atom. The monoisotopic (exact) mass is 518 g/mol. The van der Waals surface area contributed by atoms with Crippen molar-refractivity contribution in [1.29, 1.82) is 0 Å². The van der Waals surface area contributed by atoms with Crippen molar-refractivity contribution in [1.82, 2.24) is 16.0 Å². The van der Waals surface area contributed by atoms with Crippen molar-refractivity contribution in [2.75, 3.05) is 33.7 Å².